The number of anilines is 1. The maximum Gasteiger partial charge on any atom is 0.389 e. The number of aryl methyl sites for hydroxylation is 1. The number of nitrogens with two attached hydrogens (primary N) is 1. The molecule has 0 spiro atoms. The van der Waals surface area contributed by atoms with Gasteiger partial charge in [-0.05, 0) is 36.6 Å². The van der Waals surface area contributed by atoms with Crippen molar-refractivity contribution in [3.05, 3.63) is 101 Å². The highest BCUT2D eigenvalue weighted by Crippen LogP contribution is 2.33. The van der Waals surface area contributed by atoms with E-state index in [1.165, 1.54) is 30.3 Å². The molecule has 3 aromatic carbocycles. The number of alkyl halides is 3. The van der Waals surface area contributed by atoms with Crippen LogP contribution < -0.4 is 16.4 Å². The summed E-state index contributed by atoms with van der Waals surface area (Å²) in [6.45, 7) is 1.74. The maximum atomic E-state index is 14.1. The topological polar surface area (TPSA) is 114 Å². The van der Waals surface area contributed by atoms with Crippen LogP contribution in [0.15, 0.2) is 77.8 Å². The molecule has 208 valence electrons. The van der Waals surface area contributed by atoms with Gasteiger partial charge in [-0.1, -0.05) is 60.7 Å². The van der Waals surface area contributed by atoms with Crippen LogP contribution in [0.2, 0.25) is 0 Å². The van der Waals surface area contributed by atoms with Crippen molar-refractivity contribution in [3.63, 3.8) is 0 Å². The number of hydrogen-bond donors (Lipinski definition) is 3. The SMILES string of the molecule is Cc1cccc2c1NC(=O)C(NC(=O)[C@H](CCC(F)(F)F)[C@@H](C(N)=O)c1ccccc1)N=C2c1cccc(F)c1. The summed E-state index contributed by atoms with van der Waals surface area (Å²) in [7, 11) is 0. The van der Waals surface area contributed by atoms with Gasteiger partial charge in [-0.3, -0.25) is 14.4 Å². The van der Waals surface area contributed by atoms with E-state index in [1.54, 1.807) is 49.4 Å². The van der Waals surface area contributed by atoms with Gasteiger partial charge in [-0.25, -0.2) is 9.38 Å². The number of nitrogens with one attached hydrogen (secondary N) is 2. The molecule has 0 aromatic heterocycles. The van der Waals surface area contributed by atoms with E-state index < -0.39 is 60.6 Å². The molecular formula is C29H26F4N4O3. The van der Waals surface area contributed by atoms with Gasteiger partial charge in [0.1, 0.15) is 5.82 Å². The number of halogens is 4. The molecule has 4 rings (SSSR count). The summed E-state index contributed by atoms with van der Waals surface area (Å²) >= 11 is 0. The number of nitrogens with zero attached hydrogens (tertiary/aromatic N) is 1. The van der Waals surface area contributed by atoms with Gasteiger partial charge >= 0.3 is 6.18 Å². The lowest BCUT2D eigenvalue weighted by atomic mass is 9.81. The fourth-order valence-electron chi connectivity index (χ4n) is 4.71. The molecular weight excluding hydrogens is 528 g/mol. The van der Waals surface area contributed by atoms with E-state index >= 15 is 0 Å². The summed E-state index contributed by atoms with van der Waals surface area (Å²) in [5.74, 6) is -6.29. The molecule has 0 aliphatic carbocycles. The molecule has 40 heavy (non-hydrogen) atoms. The molecule has 1 aliphatic heterocycles. The van der Waals surface area contributed by atoms with Crippen molar-refractivity contribution >= 4 is 29.1 Å². The quantitative estimate of drug-likeness (QED) is 0.354. The number of aliphatic imine (C=N–C) groups is 1. The fraction of sp³-hybridized carbons (Fsp3) is 0.241. The first-order valence-corrected chi connectivity index (χ1v) is 12.4. The normalized spacial score (nSPS) is 16.6. The smallest absolute Gasteiger partial charge is 0.369 e. The maximum absolute atomic E-state index is 14.1. The number of fused-ring (bicyclic) bond motifs is 1. The second kappa shape index (κ2) is 11.7. The van der Waals surface area contributed by atoms with E-state index in [9.17, 15) is 31.9 Å². The lowest BCUT2D eigenvalue weighted by Gasteiger charge is -2.26. The van der Waals surface area contributed by atoms with Gasteiger partial charge in [0.25, 0.3) is 5.91 Å². The van der Waals surface area contributed by atoms with E-state index in [2.05, 4.69) is 15.6 Å². The molecule has 0 saturated heterocycles. The fourth-order valence-corrected chi connectivity index (χ4v) is 4.71. The zero-order valence-corrected chi connectivity index (χ0v) is 21.3. The van der Waals surface area contributed by atoms with Crippen molar-refractivity contribution in [3.8, 4) is 0 Å². The summed E-state index contributed by atoms with van der Waals surface area (Å²) in [4.78, 5) is 43.7. The van der Waals surface area contributed by atoms with E-state index in [0.29, 0.717) is 22.4 Å². The van der Waals surface area contributed by atoms with Crippen molar-refractivity contribution < 1.29 is 31.9 Å². The molecule has 3 aromatic rings. The van der Waals surface area contributed by atoms with E-state index in [0.717, 1.165) is 0 Å². The second-order valence-corrected chi connectivity index (χ2v) is 9.44. The van der Waals surface area contributed by atoms with E-state index in [1.807, 2.05) is 0 Å². The van der Waals surface area contributed by atoms with Crippen molar-refractivity contribution in [2.75, 3.05) is 5.32 Å². The Labute approximate surface area is 227 Å². The predicted molar refractivity (Wildman–Crippen MR) is 141 cm³/mol. The highest BCUT2D eigenvalue weighted by molar-refractivity contribution is 6.20. The Morgan fingerprint density at radius 2 is 1.75 bits per heavy atom. The minimum absolute atomic E-state index is 0.184. The van der Waals surface area contributed by atoms with Gasteiger partial charge < -0.3 is 16.4 Å². The molecule has 0 radical (unpaired) electrons. The number of benzodiazepines with no additional fused rings is 1. The average Bonchev–Trinajstić information content (AvgIpc) is 3.03. The number of rotatable bonds is 8. The number of amides is 3. The third-order valence-corrected chi connectivity index (χ3v) is 6.60. The molecule has 11 heteroatoms. The van der Waals surface area contributed by atoms with Crippen LogP contribution in [-0.2, 0) is 14.4 Å². The van der Waals surface area contributed by atoms with Crippen LogP contribution in [0, 0.1) is 18.7 Å². The highest BCUT2D eigenvalue weighted by Gasteiger charge is 2.39. The summed E-state index contributed by atoms with van der Waals surface area (Å²) in [6.07, 6.45) is -8.33. The van der Waals surface area contributed by atoms with Crippen molar-refractivity contribution in [1.29, 1.82) is 0 Å². The molecule has 4 N–H and O–H groups in total. The van der Waals surface area contributed by atoms with Crippen LogP contribution in [0.1, 0.15) is 41.0 Å². The second-order valence-electron chi connectivity index (χ2n) is 9.44. The molecule has 0 fully saturated rings. The van der Waals surface area contributed by atoms with Gasteiger partial charge in [0.15, 0.2) is 0 Å². The lowest BCUT2D eigenvalue weighted by molar-refractivity contribution is -0.144. The van der Waals surface area contributed by atoms with Crippen LogP contribution in [0.5, 0.6) is 0 Å². The summed E-state index contributed by atoms with van der Waals surface area (Å²) < 4.78 is 53.8. The first-order valence-electron chi connectivity index (χ1n) is 12.4. The Morgan fingerprint density at radius 1 is 1.05 bits per heavy atom. The van der Waals surface area contributed by atoms with Crippen LogP contribution in [0.4, 0.5) is 23.2 Å². The van der Waals surface area contributed by atoms with Crippen molar-refractivity contribution in [2.45, 2.75) is 38.0 Å². The zero-order valence-electron chi connectivity index (χ0n) is 21.3. The van der Waals surface area contributed by atoms with Crippen molar-refractivity contribution in [1.82, 2.24) is 5.32 Å². The van der Waals surface area contributed by atoms with Gasteiger partial charge in [0.2, 0.25) is 18.0 Å². The number of carbonyl (C=O) groups excluding carboxylic acids is 3. The Morgan fingerprint density at radius 3 is 2.40 bits per heavy atom. The average molecular weight is 555 g/mol. The van der Waals surface area contributed by atoms with Crippen LogP contribution in [0.25, 0.3) is 0 Å². The first kappa shape index (κ1) is 28.5. The van der Waals surface area contributed by atoms with Gasteiger partial charge in [0.05, 0.1) is 23.2 Å². The predicted octanol–water partition coefficient (Wildman–Crippen LogP) is 4.59. The van der Waals surface area contributed by atoms with Gasteiger partial charge in [-0.15, -0.1) is 0 Å². The number of para-hydroxylation sites is 1. The summed E-state index contributed by atoms with van der Waals surface area (Å²) in [5, 5.41) is 5.12. The Balaban J connectivity index is 1.75. The van der Waals surface area contributed by atoms with Crippen LogP contribution in [0.3, 0.4) is 0 Å². The summed E-state index contributed by atoms with van der Waals surface area (Å²) in [5.41, 5.74) is 7.85. The van der Waals surface area contributed by atoms with Gasteiger partial charge in [-0.2, -0.15) is 13.2 Å². The monoisotopic (exact) mass is 554 g/mol. The van der Waals surface area contributed by atoms with Crippen LogP contribution >= 0.6 is 0 Å². The van der Waals surface area contributed by atoms with E-state index in [4.69, 9.17) is 5.73 Å². The third kappa shape index (κ3) is 6.53. The van der Waals surface area contributed by atoms with Crippen molar-refractivity contribution in [2.24, 2.45) is 16.6 Å². The largest absolute Gasteiger partial charge is 0.389 e. The molecule has 0 bridgehead atoms. The Kier molecular flexibility index (Phi) is 8.32. The molecule has 0 saturated carbocycles. The Bertz CT molecular complexity index is 1460. The molecule has 3 atom stereocenters. The lowest BCUT2D eigenvalue weighted by Crippen LogP contribution is -2.47. The molecule has 1 aliphatic rings. The van der Waals surface area contributed by atoms with Gasteiger partial charge in [0, 0.05) is 17.5 Å². The molecule has 1 heterocycles. The molecule has 7 nitrogen and oxygen atoms in total. The number of carbonyl (C=O) groups is 3. The van der Waals surface area contributed by atoms with Crippen LogP contribution in [-0.4, -0.2) is 35.8 Å². The minimum atomic E-state index is -4.61. The Hall–Kier alpha value is -4.54. The standard InChI is InChI=1S/C29H26F4N4O3/c1-16-7-5-12-21-23(16)36-28(40)26(35-24(21)18-10-6-11-19(30)15-18)37-27(39)20(13-14-29(31,32)33)22(25(34)38)17-8-3-2-4-9-17/h2-12,15,20,22,26H,13-14H2,1H3,(H2,34,38)(H,36,40)(H,37,39)/t20-,22+,26?/m1/s1. The van der Waals surface area contributed by atoms with E-state index in [-0.39, 0.29) is 11.3 Å². The number of benzene rings is 3. The molecule has 3 amide bonds. The third-order valence-electron chi connectivity index (χ3n) is 6.60. The zero-order chi connectivity index (χ0) is 29.0. The summed E-state index contributed by atoms with van der Waals surface area (Å²) in [6, 6.07) is 18.4. The first-order chi connectivity index (χ1) is 18.9. The number of primary amides is 1. The minimum Gasteiger partial charge on any atom is -0.369 e. The number of hydrogen-bond acceptors (Lipinski definition) is 4. The molecule has 1 unspecified atom stereocenters. The highest BCUT2D eigenvalue weighted by atomic mass is 19.4.